The molecule has 2 nitrogen and oxygen atoms in total. The molecule has 0 bridgehead atoms. The lowest BCUT2D eigenvalue weighted by Gasteiger charge is -2.22. The van der Waals surface area contributed by atoms with Crippen molar-refractivity contribution < 1.29 is 22.7 Å². The zero-order valence-corrected chi connectivity index (χ0v) is 13.8. The Morgan fingerprint density at radius 2 is 1.85 bits per heavy atom. The molecule has 0 aromatic rings. The van der Waals surface area contributed by atoms with Crippen LogP contribution in [-0.2, 0) is 9.53 Å². The molecule has 0 aliphatic heterocycles. The van der Waals surface area contributed by atoms with Crippen molar-refractivity contribution in [2.24, 2.45) is 0 Å². The molecule has 20 heavy (non-hydrogen) atoms. The van der Waals surface area contributed by atoms with Gasteiger partial charge in [0.15, 0.2) is 5.44 Å². The molecular formula is C13H21F3O2S2. The molecule has 0 spiro atoms. The zero-order valence-electron chi connectivity index (χ0n) is 12.1. The Balaban J connectivity index is 4.62. The van der Waals surface area contributed by atoms with Gasteiger partial charge < -0.3 is 4.74 Å². The van der Waals surface area contributed by atoms with Crippen molar-refractivity contribution in [2.75, 3.05) is 5.75 Å². The van der Waals surface area contributed by atoms with Gasteiger partial charge in [0, 0.05) is 11.0 Å². The minimum atomic E-state index is -4.74. The number of hydrogen-bond acceptors (Lipinski definition) is 4. The third-order valence-electron chi connectivity index (χ3n) is 2.35. The fraction of sp³-hybridized carbons (Fsp3) is 0.769. The Labute approximate surface area is 126 Å². The van der Waals surface area contributed by atoms with Crippen LogP contribution < -0.4 is 0 Å². The normalized spacial score (nSPS) is 15.0. The van der Waals surface area contributed by atoms with Crippen molar-refractivity contribution in [3.63, 3.8) is 0 Å². The van der Waals surface area contributed by atoms with Crippen molar-refractivity contribution >= 4 is 29.5 Å². The van der Waals surface area contributed by atoms with Crippen molar-refractivity contribution in [3.8, 4) is 0 Å². The van der Waals surface area contributed by atoms with Crippen LogP contribution in [0.1, 0.15) is 34.1 Å². The first-order chi connectivity index (χ1) is 9.07. The zero-order chi connectivity index (χ0) is 15.9. The Morgan fingerprint density at radius 1 is 1.30 bits per heavy atom. The average Bonchev–Trinajstić information content (AvgIpc) is 2.33. The highest BCUT2D eigenvalue weighted by atomic mass is 32.2. The molecule has 0 aliphatic rings. The Kier molecular flexibility index (Phi) is 8.74. The van der Waals surface area contributed by atoms with Gasteiger partial charge in [-0.25, -0.2) is 4.79 Å². The fourth-order valence-electron chi connectivity index (χ4n) is 1.03. The molecule has 0 saturated heterocycles. The molecule has 2 atom stereocenters. The quantitative estimate of drug-likeness (QED) is 0.368. The van der Waals surface area contributed by atoms with Crippen LogP contribution in [0.3, 0.4) is 0 Å². The first-order valence-electron chi connectivity index (χ1n) is 6.32. The summed E-state index contributed by atoms with van der Waals surface area (Å²) in [4.78, 5) is 11.5. The van der Waals surface area contributed by atoms with Gasteiger partial charge in [-0.05, 0) is 11.7 Å². The molecule has 0 radical (unpaired) electrons. The Morgan fingerprint density at radius 3 is 2.25 bits per heavy atom. The first kappa shape index (κ1) is 19.7. The van der Waals surface area contributed by atoms with Crippen LogP contribution >= 0.6 is 23.5 Å². The number of thioether (sulfide) groups is 2. The van der Waals surface area contributed by atoms with E-state index >= 15 is 0 Å². The van der Waals surface area contributed by atoms with Crippen LogP contribution in [-0.4, -0.2) is 33.8 Å². The van der Waals surface area contributed by atoms with E-state index in [1.165, 1.54) is 11.8 Å². The van der Waals surface area contributed by atoms with Crippen molar-refractivity contribution in [1.29, 1.82) is 0 Å². The van der Waals surface area contributed by atoms with E-state index in [2.05, 4.69) is 6.58 Å². The minimum absolute atomic E-state index is 0.208. The summed E-state index contributed by atoms with van der Waals surface area (Å²) in [6.07, 6.45) is -3.89. The topological polar surface area (TPSA) is 26.3 Å². The summed E-state index contributed by atoms with van der Waals surface area (Å²) < 4.78 is 42.1. The number of carbonyl (C=O) groups excluding carboxylic acids is 1. The standard InChI is InChI=1S/C13H21F3O2S2/c1-6-9(4)20-11(7-19-8(2)3)18-12(17)10(5)13(14,15)16/h8-9,11H,5-7H2,1-4H3. The van der Waals surface area contributed by atoms with E-state index in [9.17, 15) is 18.0 Å². The second-order valence-electron chi connectivity index (χ2n) is 4.55. The molecule has 0 amide bonds. The lowest BCUT2D eigenvalue weighted by molar-refractivity contribution is -0.151. The molecule has 0 aliphatic carbocycles. The number of halogens is 3. The van der Waals surface area contributed by atoms with Gasteiger partial charge in [0.2, 0.25) is 0 Å². The van der Waals surface area contributed by atoms with Crippen LogP contribution in [0.25, 0.3) is 0 Å². The summed E-state index contributed by atoms with van der Waals surface area (Å²) in [6, 6.07) is 0. The van der Waals surface area contributed by atoms with E-state index in [4.69, 9.17) is 4.74 Å². The number of carbonyl (C=O) groups is 1. The number of rotatable bonds is 8. The number of ether oxygens (including phenoxy) is 1. The van der Waals surface area contributed by atoms with Crippen LogP contribution in [0, 0.1) is 0 Å². The van der Waals surface area contributed by atoms with Gasteiger partial charge in [-0.15, -0.1) is 11.8 Å². The minimum Gasteiger partial charge on any atom is -0.447 e. The maximum atomic E-state index is 12.4. The summed E-state index contributed by atoms with van der Waals surface area (Å²) in [5.41, 5.74) is -2.05. The van der Waals surface area contributed by atoms with E-state index in [0.29, 0.717) is 11.0 Å². The predicted molar refractivity (Wildman–Crippen MR) is 80.0 cm³/mol. The highest BCUT2D eigenvalue weighted by Gasteiger charge is 2.39. The Bertz CT molecular complexity index is 330. The molecule has 0 rings (SSSR count). The molecule has 0 aromatic carbocycles. The van der Waals surface area contributed by atoms with Crippen LogP contribution in [0.4, 0.5) is 13.2 Å². The van der Waals surface area contributed by atoms with E-state index in [-0.39, 0.29) is 5.25 Å². The summed E-state index contributed by atoms with van der Waals surface area (Å²) in [5, 5.41) is 0.527. The van der Waals surface area contributed by atoms with Gasteiger partial charge in [-0.3, -0.25) is 0 Å². The van der Waals surface area contributed by atoms with E-state index < -0.39 is 23.2 Å². The predicted octanol–water partition coefficient (Wildman–Crippen LogP) is 4.65. The molecule has 2 unspecified atom stereocenters. The Hall–Kier alpha value is -0.300. The third-order valence-corrected chi connectivity index (χ3v) is 5.09. The maximum absolute atomic E-state index is 12.4. The molecule has 0 aromatic heterocycles. The summed E-state index contributed by atoms with van der Waals surface area (Å²) in [7, 11) is 0. The second-order valence-corrected chi connectivity index (χ2v) is 7.76. The van der Waals surface area contributed by atoms with Crippen LogP contribution in [0.2, 0.25) is 0 Å². The average molecular weight is 330 g/mol. The van der Waals surface area contributed by atoms with Gasteiger partial charge in [0.25, 0.3) is 0 Å². The fourth-order valence-corrected chi connectivity index (χ4v) is 3.05. The van der Waals surface area contributed by atoms with Crippen molar-refractivity contribution in [1.82, 2.24) is 0 Å². The van der Waals surface area contributed by atoms with Crippen LogP contribution in [0.5, 0.6) is 0 Å². The number of hydrogen-bond donors (Lipinski definition) is 0. The second kappa shape index (κ2) is 8.87. The van der Waals surface area contributed by atoms with E-state index in [1.54, 1.807) is 11.8 Å². The SMILES string of the molecule is C=C(C(=O)OC(CSC(C)C)SC(C)CC)C(F)(F)F. The molecule has 7 heteroatoms. The lowest BCUT2D eigenvalue weighted by atomic mass is 10.3. The van der Waals surface area contributed by atoms with Gasteiger partial charge in [0.1, 0.15) is 5.57 Å². The summed E-state index contributed by atoms with van der Waals surface area (Å²) in [5.74, 6) is -0.925. The van der Waals surface area contributed by atoms with Gasteiger partial charge in [0.05, 0.1) is 0 Å². The largest absolute Gasteiger partial charge is 0.447 e. The van der Waals surface area contributed by atoms with E-state index in [0.717, 1.165) is 6.42 Å². The van der Waals surface area contributed by atoms with Gasteiger partial charge in [-0.1, -0.05) is 34.3 Å². The maximum Gasteiger partial charge on any atom is 0.422 e. The number of esters is 1. The first-order valence-corrected chi connectivity index (χ1v) is 8.31. The molecule has 0 saturated carbocycles. The summed E-state index contributed by atoms with van der Waals surface area (Å²) in [6.45, 7) is 10.6. The smallest absolute Gasteiger partial charge is 0.422 e. The molecular weight excluding hydrogens is 309 g/mol. The third kappa shape index (κ3) is 8.09. The highest BCUT2D eigenvalue weighted by molar-refractivity contribution is 8.03. The monoisotopic (exact) mass is 330 g/mol. The van der Waals surface area contributed by atoms with E-state index in [1.807, 2.05) is 27.7 Å². The van der Waals surface area contributed by atoms with Crippen molar-refractivity contribution in [2.45, 2.75) is 56.2 Å². The van der Waals surface area contributed by atoms with Crippen LogP contribution in [0.15, 0.2) is 12.2 Å². The number of alkyl halides is 3. The lowest BCUT2D eigenvalue weighted by Crippen LogP contribution is -2.26. The molecule has 118 valence electrons. The molecule has 0 fully saturated rings. The molecule has 0 heterocycles. The summed E-state index contributed by atoms with van der Waals surface area (Å²) >= 11 is 2.91. The van der Waals surface area contributed by atoms with Gasteiger partial charge in [-0.2, -0.15) is 24.9 Å². The molecule has 0 N–H and O–H groups in total. The van der Waals surface area contributed by atoms with Crippen molar-refractivity contribution in [3.05, 3.63) is 12.2 Å². The highest BCUT2D eigenvalue weighted by Crippen LogP contribution is 2.29. The van der Waals surface area contributed by atoms with Gasteiger partial charge >= 0.3 is 12.1 Å².